The molecule has 2 N–H and O–H groups in total. The van der Waals surface area contributed by atoms with Crippen LogP contribution in [0.3, 0.4) is 0 Å². The molecule has 4 rings (SSSR count). The Balaban J connectivity index is 1.77. The second-order valence-corrected chi connectivity index (χ2v) is 5.78. The second-order valence-electron chi connectivity index (χ2n) is 5.78. The minimum atomic E-state index is -0.0823. The SMILES string of the molecule is Nc1cccc(C(=O)c2ccc3ncc(-c4ccccc4)nc3c2)c1. The van der Waals surface area contributed by atoms with Gasteiger partial charge in [-0.15, -0.1) is 0 Å². The van der Waals surface area contributed by atoms with Crippen LogP contribution in [0, 0.1) is 0 Å². The Hall–Kier alpha value is -3.53. The fourth-order valence-electron chi connectivity index (χ4n) is 2.75. The van der Waals surface area contributed by atoms with Gasteiger partial charge in [0.15, 0.2) is 5.78 Å². The summed E-state index contributed by atoms with van der Waals surface area (Å²) in [6, 6.07) is 22.2. The molecule has 4 nitrogen and oxygen atoms in total. The monoisotopic (exact) mass is 325 g/mol. The highest BCUT2D eigenvalue weighted by atomic mass is 16.1. The van der Waals surface area contributed by atoms with Crippen molar-refractivity contribution in [1.29, 1.82) is 0 Å². The highest BCUT2D eigenvalue weighted by molar-refractivity contribution is 6.10. The molecular formula is C21H15N3O. The van der Waals surface area contributed by atoms with Crippen molar-refractivity contribution < 1.29 is 4.79 Å². The molecule has 25 heavy (non-hydrogen) atoms. The average Bonchev–Trinajstić information content (AvgIpc) is 2.67. The van der Waals surface area contributed by atoms with Gasteiger partial charge in [0.1, 0.15) is 0 Å². The summed E-state index contributed by atoms with van der Waals surface area (Å²) in [4.78, 5) is 21.8. The second kappa shape index (κ2) is 6.17. The first-order valence-electron chi connectivity index (χ1n) is 7.93. The van der Waals surface area contributed by atoms with E-state index in [-0.39, 0.29) is 5.78 Å². The first-order chi connectivity index (χ1) is 12.2. The first kappa shape index (κ1) is 15.0. The molecule has 4 aromatic rings. The minimum Gasteiger partial charge on any atom is -0.399 e. The lowest BCUT2D eigenvalue weighted by molar-refractivity contribution is 0.103. The van der Waals surface area contributed by atoms with Gasteiger partial charge in [0, 0.05) is 22.4 Å². The molecular weight excluding hydrogens is 310 g/mol. The van der Waals surface area contributed by atoms with Crippen LogP contribution >= 0.6 is 0 Å². The predicted octanol–water partition coefficient (Wildman–Crippen LogP) is 4.11. The normalized spacial score (nSPS) is 10.7. The van der Waals surface area contributed by atoms with E-state index >= 15 is 0 Å². The third kappa shape index (κ3) is 2.97. The molecule has 0 spiro atoms. The standard InChI is InChI=1S/C21H15N3O/c22-17-8-4-7-15(11-17)21(25)16-9-10-18-19(12-16)24-20(13-23-18)14-5-2-1-3-6-14/h1-13H,22H2. The molecule has 1 heterocycles. The molecule has 0 aliphatic rings. The maximum Gasteiger partial charge on any atom is 0.193 e. The molecule has 0 atom stereocenters. The summed E-state index contributed by atoms with van der Waals surface area (Å²) in [5.41, 5.74) is 10.7. The van der Waals surface area contributed by atoms with Crippen LogP contribution in [0.1, 0.15) is 15.9 Å². The minimum absolute atomic E-state index is 0.0823. The number of carbonyl (C=O) groups is 1. The molecule has 1 aromatic heterocycles. The molecule has 3 aromatic carbocycles. The summed E-state index contributed by atoms with van der Waals surface area (Å²) in [6.07, 6.45) is 1.75. The number of carbonyl (C=O) groups excluding carboxylic acids is 1. The van der Waals surface area contributed by atoms with E-state index in [0.717, 1.165) is 16.8 Å². The zero-order valence-electron chi connectivity index (χ0n) is 13.4. The molecule has 0 unspecified atom stereocenters. The van der Waals surface area contributed by atoms with Crippen LogP contribution in [0.25, 0.3) is 22.3 Å². The number of rotatable bonds is 3. The van der Waals surface area contributed by atoms with Crippen molar-refractivity contribution in [2.75, 3.05) is 5.73 Å². The topological polar surface area (TPSA) is 68.9 Å². The first-order valence-corrected chi connectivity index (χ1v) is 7.93. The van der Waals surface area contributed by atoms with Crippen molar-refractivity contribution in [3.8, 4) is 11.3 Å². The lowest BCUT2D eigenvalue weighted by Crippen LogP contribution is -2.02. The van der Waals surface area contributed by atoms with Gasteiger partial charge in [-0.1, -0.05) is 42.5 Å². The fourth-order valence-corrected chi connectivity index (χ4v) is 2.75. The Morgan fingerprint density at radius 2 is 1.60 bits per heavy atom. The van der Waals surface area contributed by atoms with Crippen LogP contribution in [0.15, 0.2) is 79.0 Å². The summed E-state index contributed by atoms with van der Waals surface area (Å²) in [5, 5.41) is 0. The van der Waals surface area contributed by atoms with E-state index < -0.39 is 0 Å². The van der Waals surface area contributed by atoms with E-state index in [4.69, 9.17) is 5.73 Å². The van der Waals surface area contributed by atoms with Gasteiger partial charge in [-0.25, -0.2) is 4.98 Å². The lowest BCUT2D eigenvalue weighted by Gasteiger charge is -2.06. The van der Waals surface area contributed by atoms with Gasteiger partial charge in [-0.05, 0) is 30.3 Å². The average molecular weight is 325 g/mol. The Morgan fingerprint density at radius 3 is 2.40 bits per heavy atom. The number of anilines is 1. The van der Waals surface area contributed by atoms with Crippen LogP contribution in [0.2, 0.25) is 0 Å². The molecule has 0 aliphatic carbocycles. The Kier molecular flexibility index (Phi) is 3.71. The number of hydrogen-bond acceptors (Lipinski definition) is 4. The van der Waals surface area contributed by atoms with Gasteiger partial charge in [-0.3, -0.25) is 9.78 Å². The maximum absolute atomic E-state index is 12.7. The highest BCUT2D eigenvalue weighted by Crippen LogP contribution is 2.21. The number of ketones is 1. The lowest BCUT2D eigenvalue weighted by atomic mass is 10.0. The number of hydrogen-bond donors (Lipinski definition) is 1. The smallest absolute Gasteiger partial charge is 0.193 e. The van der Waals surface area contributed by atoms with Gasteiger partial charge in [-0.2, -0.15) is 0 Å². The van der Waals surface area contributed by atoms with Crippen molar-refractivity contribution >= 4 is 22.5 Å². The van der Waals surface area contributed by atoms with Crippen molar-refractivity contribution in [3.05, 3.63) is 90.1 Å². The van der Waals surface area contributed by atoms with Crippen molar-refractivity contribution in [3.63, 3.8) is 0 Å². The van der Waals surface area contributed by atoms with E-state index in [0.29, 0.717) is 22.3 Å². The van der Waals surface area contributed by atoms with Gasteiger partial charge in [0.2, 0.25) is 0 Å². The Morgan fingerprint density at radius 1 is 0.800 bits per heavy atom. The molecule has 0 saturated carbocycles. The van der Waals surface area contributed by atoms with Gasteiger partial charge >= 0.3 is 0 Å². The molecule has 0 amide bonds. The van der Waals surface area contributed by atoms with E-state index in [2.05, 4.69) is 9.97 Å². The number of aromatic nitrogens is 2. The molecule has 0 radical (unpaired) electrons. The largest absolute Gasteiger partial charge is 0.399 e. The number of nitrogens with two attached hydrogens (primary N) is 1. The Labute approximate surface area is 145 Å². The number of benzene rings is 3. The van der Waals surface area contributed by atoms with Crippen molar-refractivity contribution in [2.45, 2.75) is 0 Å². The Bertz CT molecular complexity index is 1070. The zero-order valence-corrected chi connectivity index (χ0v) is 13.4. The summed E-state index contributed by atoms with van der Waals surface area (Å²) in [5.74, 6) is -0.0823. The van der Waals surface area contributed by atoms with Crippen LogP contribution in [0.5, 0.6) is 0 Å². The quantitative estimate of drug-likeness (QED) is 0.454. The molecule has 0 aliphatic heterocycles. The van der Waals surface area contributed by atoms with Crippen molar-refractivity contribution in [2.24, 2.45) is 0 Å². The van der Waals surface area contributed by atoms with E-state index in [1.165, 1.54) is 0 Å². The van der Waals surface area contributed by atoms with Crippen molar-refractivity contribution in [1.82, 2.24) is 9.97 Å². The third-order valence-electron chi connectivity index (χ3n) is 4.02. The molecule has 0 saturated heterocycles. The number of nitrogen functional groups attached to an aromatic ring is 1. The molecule has 0 bridgehead atoms. The summed E-state index contributed by atoms with van der Waals surface area (Å²) < 4.78 is 0. The van der Waals surface area contributed by atoms with Gasteiger partial charge in [0.05, 0.1) is 22.9 Å². The molecule has 4 heteroatoms. The van der Waals surface area contributed by atoms with Crippen LogP contribution in [0.4, 0.5) is 5.69 Å². The van der Waals surface area contributed by atoms with Crippen LogP contribution in [-0.4, -0.2) is 15.8 Å². The number of fused-ring (bicyclic) bond motifs is 1. The summed E-state index contributed by atoms with van der Waals surface area (Å²) in [6.45, 7) is 0. The van der Waals surface area contributed by atoms with Gasteiger partial charge < -0.3 is 5.73 Å². The van der Waals surface area contributed by atoms with Gasteiger partial charge in [0.25, 0.3) is 0 Å². The summed E-state index contributed by atoms with van der Waals surface area (Å²) in [7, 11) is 0. The predicted molar refractivity (Wildman–Crippen MR) is 99.3 cm³/mol. The number of nitrogens with zero attached hydrogens (tertiary/aromatic N) is 2. The van der Waals surface area contributed by atoms with Crippen LogP contribution < -0.4 is 5.73 Å². The molecule has 0 fully saturated rings. The third-order valence-corrected chi connectivity index (χ3v) is 4.02. The zero-order chi connectivity index (χ0) is 17.2. The fraction of sp³-hybridized carbons (Fsp3) is 0. The maximum atomic E-state index is 12.7. The van der Waals surface area contributed by atoms with E-state index in [1.807, 2.05) is 36.4 Å². The van der Waals surface area contributed by atoms with E-state index in [9.17, 15) is 4.79 Å². The summed E-state index contributed by atoms with van der Waals surface area (Å²) >= 11 is 0. The van der Waals surface area contributed by atoms with E-state index in [1.54, 1.807) is 42.6 Å². The highest BCUT2D eigenvalue weighted by Gasteiger charge is 2.11. The van der Waals surface area contributed by atoms with Crippen LogP contribution in [-0.2, 0) is 0 Å². The molecule has 120 valence electrons.